The van der Waals surface area contributed by atoms with Gasteiger partial charge in [0.1, 0.15) is 0 Å². The molecule has 0 aromatic heterocycles. The first-order valence-electron chi connectivity index (χ1n) is 7.75. The van der Waals surface area contributed by atoms with Crippen molar-refractivity contribution in [3.63, 3.8) is 0 Å². The van der Waals surface area contributed by atoms with E-state index in [4.69, 9.17) is 0 Å². The monoisotopic (exact) mass is 277 g/mol. The highest BCUT2D eigenvalue weighted by molar-refractivity contribution is 5.59. The van der Waals surface area contributed by atoms with Crippen molar-refractivity contribution in [1.29, 1.82) is 0 Å². The van der Waals surface area contributed by atoms with Crippen molar-refractivity contribution in [2.45, 2.75) is 19.3 Å². The average molecular weight is 277 g/mol. The molecule has 1 aliphatic rings. The smallest absolute Gasteiger partial charge is 0.0396 e. The number of allylic oxidation sites excluding steroid dienone is 1. The predicted molar refractivity (Wildman–Crippen MR) is 91.6 cm³/mol. The third-order valence-electron chi connectivity index (χ3n) is 4.12. The lowest BCUT2D eigenvalue weighted by atomic mass is 9.97. The fourth-order valence-corrected chi connectivity index (χ4v) is 2.85. The Morgan fingerprint density at radius 1 is 1.00 bits per heavy atom. The molecule has 0 atom stereocenters. The topological polar surface area (TPSA) is 3.24 Å². The zero-order chi connectivity index (χ0) is 14.7. The van der Waals surface area contributed by atoms with E-state index in [0.29, 0.717) is 0 Å². The third-order valence-corrected chi connectivity index (χ3v) is 4.12. The summed E-state index contributed by atoms with van der Waals surface area (Å²) < 4.78 is 0. The highest BCUT2D eigenvalue weighted by Crippen LogP contribution is 2.40. The Kier molecular flexibility index (Phi) is 4.10. The van der Waals surface area contributed by atoms with E-state index in [1.807, 2.05) is 0 Å². The van der Waals surface area contributed by atoms with Crippen LogP contribution >= 0.6 is 0 Å². The van der Waals surface area contributed by atoms with Crippen molar-refractivity contribution in [3.8, 4) is 0 Å². The predicted octanol–water partition coefficient (Wildman–Crippen LogP) is 4.79. The normalized spacial score (nSPS) is 15.0. The van der Waals surface area contributed by atoms with Crippen LogP contribution in [0.25, 0.3) is 6.08 Å². The molecule has 21 heavy (non-hydrogen) atoms. The fourth-order valence-electron chi connectivity index (χ4n) is 2.85. The van der Waals surface area contributed by atoms with Crippen LogP contribution in [0.15, 0.2) is 60.2 Å². The molecule has 108 valence electrons. The second-order valence-corrected chi connectivity index (χ2v) is 6.10. The SMILES string of the molecule is CN(C)c1ccccc1C/C(=C/c1ccccc1)C1CC1. The van der Waals surface area contributed by atoms with Gasteiger partial charge in [-0.2, -0.15) is 0 Å². The Morgan fingerprint density at radius 3 is 2.33 bits per heavy atom. The first kappa shape index (κ1) is 13.9. The van der Waals surface area contributed by atoms with Crippen LogP contribution in [0.2, 0.25) is 0 Å². The van der Waals surface area contributed by atoms with Crippen molar-refractivity contribution in [2.75, 3.05) is 19.0 Å². The number of para-hydroxylation sites is 1. The summed E-state index contributed by atoms with van der Waals surface area (Å²) in [6, 6.07) is 19.4. The lowest BCUT2D eigenvalue weighted by molar-refractivity contribution is 0.938. The van der Waals surface area contributed by atoms with Gasteiger partial charge in [0.05, 0.1) is 0 Å². The minimum atomic E-state index is 0.792. The van der Waals surface area contributed by atoms with E-state index >= 15 is 0 Å². The minimum absolute atomic E-state index is 0.792. The van der Waals surface area contributed by atoms with E-state index in [1.165, 1.54) is 29.7 Å². The second kappa shape index (κ2) is 6.17. The molecule has 2 aromatic rings. The van der Waals surface area contributed by atoms with Crippen LogP contribution in [0.3, 0.4) is 0 Å². The maximum absolute atomic E-state index is 2.39. The Balaban J connectivity index is 1.89. The number of benzene rings is 2. The molecule has 1 aliphatic carbocycles. The molecule has 1 heteroatoms. The van der Waals surface area contributed by atoms with Crippen molar-refractivity contribution >= 4 is 11.8 Å². The molecule has 0 amide bonds. The summed E-state index contributed by atoms with van der Waals surface area (Å²) in [6.07, 6.45) is 6.16. The van der Waals surface area contributed by atoms with E-state index in [2.05, 4.69) is 79.7 Å². The molecule has 0 spiro atoms. The number of anilines is 1. The van der Waals surface area contributed by atoms with Gasteiger partial charge in [0.25, 0.3) is 0 Å². The van der Waals surface area contributed by atoms with E-state index in [1.54, 1.807) is 5.57 Å². The quantitative estimate of drug-likeness (QED) is 0.759. The summed E-state index contributed by atoms with van der Waals surface area (Å²) in [5.41, 5.74) is 5.66. The Hall–Kier alpha value is -2.02. The van der Waals surface area contributed by atoms with Gasteiger partial charge in [-0.3, -0.25) is 0 Å². The summed E-state index contributed by atoms with van der Waals surface area (Å²) in [4.78, 5) is 2.21. The summed E-state index contributed by atoms with van der Waals surface area (Å²) in [7, 11) is 4.24. The molecule has 1 nitrogen and oxygen atoms in total. The van der Waals surface area contributed by atoms with Crippen LogP contribution in [0.1, 0.15) is 24.0 Å². The van der Waals surface area contributed by atoms with Crippen molar-refractivity contribution < 1.29 is 0 Å². The van der Waals surface area contributed by atoms with Crippen molar-refractivity contribution in [2.24, 2.45) is 5.92 Å². The summed E-state index contributed by atoms with van der Waals surface area (Å²) in [6.45, 7) is 0. The number of hydrogen-bond acceptors (Lipinski definition) is 1. The van der Waals surface area contributed by atoms with Crippen LogP contribution in [-0.4, -0.2) is 14.1 Å². The lowest BCUT2D eigenvalue weighted by Crippen LogP contribution is -2.11. The Labute approximate surface area is 127 Å². The molecule has 0 saturated heterocycles. The zero-order valence-corrected chi connectivity index (χ0v) is 12.9. The zero-order valence-electron chi connectivity index (χ0n) is 12.9. The summed E-state index contributed by atoms with van der Waals surface area (Å²) in [5, 5.41) is 0. The van der Waals surface area contributed by atoms with E-state index < -0.39 is 0 Å². The molecule has 2 aromatic carbocycles. The van der Waals surface area contributed by atoms with Gasteiger partial charge < -0.3 is 4.90 Å². The molecule has 0 unspecified atom stereocenters. The lowest BCUT2D eigenvalue weighted by Gasteiger charge is -2.18. The molecule has 3 rings (SSSR count). The van der Waals surface area contributed by atoms with Crippen molar-refractivity contribution in [1.82, 2.24) is 0 Å². The average Bonchev–Trinajstić information content (AvgIpc) is 3.33. The maximum atomic E-state index is 2.39. The van der Waals surface area contributed by atoms with Gasteiger partial charge in [-0.15, -0.1) is 0 Å². The van der Waals surface area contributed by atoms with Gasteiger partial charge in [0, 0.05) is 19.8 Å². The molecular formula is C20H23N. The van der Waals surface area contributed by atoms with E-state index in [0.717, 1.165) is 12.3 Å². The third kappa shape index (κ3) is 3.55. The van der Waals surface area contributed by atoms with Crippen LogP contribution in [0, 0.1) is 5.92 Å². The standard InChI is InChI=1S/C20H23N/c1-21(2)20-11-7-6-10-18(20)15-19(17-12-13-17)14-16-8-4-3-5-9-16/h3-11,14,17H,12-13,15H2,1-2H3/b19-14-. The molecule has 0 aliphatic heterocycles. The van der Waals surface area contributed by atoms with Gasteiger partial charge in [-0.05, 0) is 42.4 Å². The van der Waals surface area contributed by atoms with Crippen LogP contribution < -0.4 is 4.90 Å². The highest BCUT2D eigenvalue weighted by atomic mass is 15.1. The van der Waals surface area contributed by atoms with Crippen LogP contribution in [-0.2, 0) is 6.42 Å². The first-order chi connectivity index (χ1) is 10.2. The molecule has 0 heterocycles. The van der Waals surface area contributed by atoms with Crippen LogP contribution in [0.4, 0.5) is 5.69 Å². The highest BCUT2D eigenvalue weighted by Gasteiger charge is 2.26. The van der Waals surface area contributed by atoms with E-state index in [-0.39, 0.29) is 0 Å². The first-order valence-corrected chi connectivity index (χ1v) is 7.75. The molecule has 0 radical (unpaired) electrons. The van der Waals surface area contributed by atoms with Crippen LogP contribution in [0.5, 0.6) is 0 Å². The second-order valence-electron chi connectivity index (χ2n) is 6.10. The largest absolute Gasteiger partial charge is 0.377 e. The van der Waals surface area contributed by atoms with Gasteiger partial charge in [-0.1, -0.05) is 60.2 Å². The number of hydrogen-bond donors (Lipinski definition) is 0. The van der Waals surface area contributed by atoms with Gasteiger partial charge in [0.2, 0.25) is 0 Å². The maximum Gasteiger partial charge on any atom is 0.0396 e. The molecular weight excluding hydrogens is 254 g/mol. The summed E-state index contributed by atoms with van der Waals surface area (Å²) in [5.74, 6) is 0.792. The van der Waals surface area contributed by atoms with Crippen molar-refractivity contribution in [3.05, 3.63) is 71.3 Å². The molecule has 0 N–H and O–H groups in total. The minimum Gasteiger partial charge on any atom is -0.377 e. The number of rotatable bonds is 5. The van der Waals surface area contributed by atoms with Gasteiger partial charge in [-0.25, -0.2) is 0 Å². The molecule has 0 bridgehead atoms. The fraction of sp³-hybridized carbons (Fsp3) is 0.300. The Bertz CT molecular complexity index is 621. The summed E-state index contributed by atoms with van der Waals surface area (Å²) >= 11 is 0. The van der Waals surface area contributed by atoms with Gasteiger partial charge >= 0.3 is 0 Å². The molecule has 1 fully saturated rings. The number of nitrogens with zero attached hydrogens (tertiary/aromatic N) is 1. The van der Waals surface area contributed by atoms with E-state index in [9.17, 15) is 0 Å². The molecule has 1 saturated carbocycles. The Morgan fingerprint density at radius 2 is 1.67 bits per heavy atom. The van der Waals surface area contributed by atoms with Gasteiger partial charge in [0.15, 0.2) is 0 Å².